The molecule has 4 rings (SSSR count). The number of fused-ring (bicyclic) bond motifs is 2. The minimum absolute atomic E-state index is 0.0629. The van der Waals surface area contributed by atoms with Gasteiger partial charge in [0.15, 0.2) is 0 Å². The summed E-state index contributed by atoms with van der Waals surface area (Å²) in [4.78, 5) is 17.9. The number of nitrogens with one attached hydrogen (secondary N) is 2. The lowest BCUT2D eigenvalue weighted by Gasteiger charge is -2.12. The van der Waals surface area contributed by atoms with E-state index in [1.807, 2.05) is 24.3 Å². The van der Waals surface area contributed by atoms with E-state index in [0.717, 1.165) is 10.8 Å². The quantitative estimate of drug-likeness (QED) is 0.394. The molecule has 4 aromatic rings. The maximum absolute atomic E-state index is 12.8. The summed E-state index contributed by atoms with van der Waals surface area (Å²) in [6.07, 6.45) is 0. The van der Waals surface area contributed by atoms with E-state index < -0.39 is 21.0 Å². The second kappa shape index (κ2) is 6.70. The molecule has 0 aliphatic heterocycles. The van der Waals surface area contributed by atoms with E-state index in [0.29, 0.717) is 16.9 Å². The van der Waals surface area contributed by atoms with Crippen molar-refractivity contribution < 1.29 is 13.3 Å². The highest BCUT2D eigenvalue weighted by molar-refractivity contribution is 7.89. The number of imidazole rings is 1. The van der Waals surface area contributed by atoms with Crippen LogP contribution >= 0.6 is 0 Å². The van der Waals surface area contributed by atoms with Gasteiger partial charge in [0.2, 0.25) is 10.0 Å². The van der Waals surface area contributed by atoms with Crippen LogP contribution in [-0.2, 0) is 10.0 Å². The second-order valence-electron chi connectivity index (χ2n) is 6.43. The van der Waals surface area contributed by atoms with Crippen molar-refractivity contribution in [3.63, 3.8) is 0 Å². The molecule has 0 aliphatic carbocycles. The third kappa shape index (κ3) is 3.32. The predicted octanol–water partition coefficient (Wildman–Crippen LogP) is 3.66. The molecule has 3 aromatic carbocycles. The Kier molecular flexibility index (Phi) is 4.33. The average molecular weight is 396 g/mol. The van der Waals surface area contributed by atoms with Crippen LogP contribution in [0.25, 0.3) is 21.8 Å². The Morgan fingerprint density at radius 3 is 2.57 bits per heavy atom. The Labute approximate surface area is 160 Å². The topological polar surface area (TPSA) is 118 Å². The first kappa shape index (κ1) is 18.1. The molecule has 1 heterocycles. The molecule has 0 spiro atoms. The minimum Gasteiger partial charge on any atom is -0.340 e. The van der Waals surface area contributed by atoms with Crippen LogP contribution in [0.3, 0.4) is 0 Å². The van der Waals surface area contributed by atoms with Crippen molar-refractivity contribution in [3.8, 4) is 0 Å². The van der Waals surface area contributed by atoms with E-state index in [9.17, 15) is 18.5 Å². The number of hydrogen-bond donors (Lipinski definition) is 2. The lowest BCUT2D eigenvalue weighted by atomic mass is 10.1. The zero-order chi connectivity index (χ0) is 19.9. The van der Waals surface area contributed by atoms with Gasteiger partial charge in [-0.3, -0.25) is 10.1 Å². The van der Waals surface area contributed by atoms with Gasteiger partial charge in [0.1, 0.15) is 5.82 Å². The summed E-state index contributed by atoms with van der Waals surface area (Å²) >= 11 is 0. The van der Waals surface area contributed by atoms with Gasteiger partial charge in [-0.05, 0) is 35.9 Å². The lowest BCUT2D eigenvalue weighted by Crippen LogP contribution is -2.27. The number of benzene rings is 3. The second-order valence-corrected chi connectivity index (χ2v) is 8.15. The van der Waals surface area contributed by atoms with E-state index >= 15 is 0 Å². The highest BCUT2D eigenvalue weighted by Crippen LogP contribution is 2.23. The number of nitro benzene ring substituents is 1. The van der Waals surface area contributed by atoms with Crippen molar-refractivity contribution in [2.45, 2.75) is 17.9 Å². The molecular formula is C19H16N4O4S. The molecule has 0 saturated carbocycles. The summed E-state index contributed by atoms with van der Waals surface area (Å²) in [6, 6.07) is 16.0. The van der Waals surface area contributed by atoms with Gasteiger partial charge in [0, 0.05) is 12.1 Å². The number of nitro groups is 1. The van der Waals surface area contributed by atoms with E-state index in [1.54, 1.807) is 25.1 Å². The number of aromatic amines is 1. The Morgan fingerprint density at radius 1 is 1.07 bits per heavy atom. The van der Waals surface area contributed by atoms with Crippen LogP contribution in [0.1, 0.15) is 18.8 Å². The van der Waals surface area contributed by atoms with Crippen LogP contribution in [0.15, 0.2) is 65.6 Å². The third-order valence-electron chi connectivity index (χ3n) is 4.47. The molecule has 9 heteroatoms. The first-order valence-corrected chi connectivity index (χ1v) is 9.97. The number of aromatic nitrogens is 2. The van der Waals surface area contributed by atoms with Crippen LogP contribution < -0.4 is 4.72 Å². The fourth-order valence-electron chi connectivity index (χ4n) is 3.03. The normalized spacial score (nSPS) is 13.0. The van der Waals surface area contributed by atoms with Crippen LogP contribution in [0.2, 0.25) is 0 Å². The maximum atomic E-state index is 12.8. The largest absolute Gasteiger partial charge is 0.340 e. The Balaban J connectivity index is 1.63. The lowest BCUT2D eigenvalue weighted by molar-refractivity contribution is -0.384. The van der Waals surface area contributed by atoms with E-state index in [4.69, 9.17) is 0 Å². The average Bonchev–Trinajstić information content (AvgIpc) is 3.10. The molecule has 0 radical (unpaired) electrons. The number of non-ortho nitro benzene ring substituents is 1. The third-order valence-corrected chi connectivity index (χ3v) is 6.01. The van der Waals surface area contributed by atoms with Crippen LogP contribution in [0.5, 0.6) is 0 Å². The molecule has 1 aromatic heterocycles. The molecule has 1 unspecified atom stereocenters. The molecule has 0 amide bonds. The molecule has 8 nitrogen and oxygen atoms in total. The van der Waals surface area contributed by atoms with Gasteiger partial charge in [-0.2, -0.15) is 0 Å². The smallest absolute Gasteiger partial charge is 0.271 e. The maximum Gasteiger partial charge on any atom is 0.271 e. The number of nitrogens with zero attached hydrogens (tertiary/aromatic N) is 2. The monoisotopic (exact) mass is 396 g/mol. The SMILES string of the molecule is CC(NS(=O)(=O)c1ccc2ccccc2c1)c1nc2ccc([N+](=O)[O-])cc2[nH]1. The number of hydrogen-bond acceptors (Lipinski definition) is 5. The van der Waals surface area contributed by atoms with E-state index in [-0.39, 0.29) is 10.6 Å². The Hall–Kier alpha value is -3.30. The molecule has 0 saturated heterocycles. The molecule has 0 fully saturated rings. The van der Waals surface area contributed by atoms with Crippen molar-refractivity contribution >= 4 is 37.5 Å². The molecule has 0 bridgehead atoms. The summed E-state index contributed by atoms with van der Waals surface area (Å²) in [5, 5.41) is 12.7. The zero-order valence-electron chi connectivity index (χ0n) is 14.8. The summed E-state index contributed by atoms with van der Waals surface area (Å²) in [5.74, 6) is 0.375. The molecule has 1 atom stereocenters. The summed E-state index contributed by atoms with van der Waals surface area (Å²) in [7, 11) is -3.78. The van der Waals surface area contributed by atoms with Crippen LogP contribution in [0.4, 0.5) is 5.69 Å². The van der Waals surface area contributed by atoms with Gasteiger partial charge >= 0.3 is 0 Å². The van der Waals surface area contributed by atoms with Gasteiger partial charge < -0.3 is 4.98 Å². The standard InChI is InChI=1S/C19H16N4O4S/c1-12(19-20-17-9-7-15(23(24)25)11-18(17)21-19)22-28(26,27)16-8-6-13-4-2-3-5-14(13)10-16/h2-12,22H,1H3,(H,20,21). The van der Waals surface area contributed by atoms with Crippen LogP contribution in [-0.4, -0.2) is 23.3 Å². The summed E-state index contributed by atoms with van der Waals surface area (Å²) in [6.45, 7) is 1.66. The van der Waals surface area contributed by atoms with Gasteiger partial charge in [-0.15, -0.1) is 0 Å². The van der Waals surface area contributed by atoms with Crippen molar-refractivity contribution in [1.82, 2.24) is 14.7 Å². The summed E-state index contributed by atoms with van der Waals surface area (Å²) < 4.78 is 28.1. The van der Waals surface area contributed by atoms with Crippen molar-refractivity contribution in [3.05, 3.63) is 76.6 Å². The van der Waals surface area contributed by atoms with Crippen molar-refractivity contribution in [2.24, 2.45) is 0 Å². The fourth-order valence-corrected chi connectivity index (χ4v) is 4.27. The number of rotatable bonds is 5. The van der Waals surface area contributed by atoms with E-state index in [2.05, 4.69) is 14.7 Å². The molecule has 2 N–H and O–H groups in total. The predicted molar refractivity (Wildman–Crippen MR) is 105 cm³/mol. The number of H-pyrrole nitrogens is 1. The Bertz CT molecular complexity index is 1310. The van der Waals surface area contributed by atoms with Gasteiger partial charge in [-0.25, -0.2) is 18.1 Å². The molecule has 142 valence electrons. The molecular weight excluding hydrogens is 380 g/mol. The van der Waals surface area contributed by atoms with E-state index in [1.165, 1.54) is 18.2 Å². The van der Waals surface area contributed by atoms with Crippen molar-refractivity contribution in [2.75, 3.05) is 0 Å². The summed E-state index contributed by atoms with van der Waals surface area (Å²) in [5.41, 5.74) is 0.936. The fraction of sp³-hybridized carbons (Fsp3) is 0.105. The Morgan fingerprint density at radius 2 is 1.82 bits per heavy atom. The molecule has 0 aliphatic rings. The van der Waals surface area contributed by atoms with Gasteiger partial charge in [0.25, 0.3) is 5.69 Å². The van der Waals surface area contributed by atoms with Crippen molar-refractivity contribution in [1.29, 1.82) is 0 Å². The number of sulfonamides is 1. The zero-order valence-corrected chi connectivity index (χ0v) is 15.6. The first-order valence-electron chi connectivity index (χ1n) is 8.49. The highest BCUT2D eigenvalue weighted by atomic mass is 32.2. The minimum atomic E-state index is -3.78. The van der Waals surface area contributed by atoms with Gasteiger partial charge in [0.05, 0.1) is 26.9 Å². The van der Waals surface area contributed by atoms with Crippen LogP contribution in [0, 0.1) is 10.1 Å². The first-order chi connectivity index (χ1) is 13.3. The van der Waals surface area contributed by atoms with Gasteiger partial charge in [-0.1, -0.05) is 30.3 Å². The highest BCUT2D eigenvalue weighted by Gasteiger charge is 2.21. The molecule has 28 heavy (non-hydrogen) atoms.